The Balaban J connectivity index is 1.08. The lowest BCUT2D eigenvalue weighted by molar-refractivity contribution is 1.08. The molecule has 0 aliphatic heterocycles. The number of hydrogen-bond acceptors (Lipinski definition) is 4. The van der Waals surface area contributed by atoms with Crippen molar-refractivity contribution >= 4 is 74.6 Å². The van der Waals surface area contributed by atoms with E-state index in [1.165, 1.54) is 63.6 Å². The highest BCUT2D eigenvalue weighted by Gasteiger charge is 2.20. The SMILES string of the molecule is c1cc(-c2ccc3ccccc3c2)cc(-c2nc(-c3ccc(-c4cc5ccccc5c5ccccc45)c4ccccc34)nc(-c3cccc4c3sc3ccccc34)n2)c1. The Morgan fingerprint density at radius 2 is 0.831 bits per heavy atom. The van der Waals surface area contributed by atoms with Crippen molar-refractivity contribution in [3.8, 4) is 56.4 Å². The van der Waals surface area contributed by atoms with Crippen molar-refractivity contribution < 1.29 is 0 Å². The van der Waals surface area contributed by atoms with E-state index in [1.807, 2.05) is 0 Å². The monoisotopic (exact) mass is 767 g/mol. The van der Waals surface area contributed by atoms with Gasteiger partial charge < -0.3 is 0 Å². The molecule has 0 aliphatic carbocycles. The molecule has 2 heterocycles. The Hall–Kier alpha value is -7.53. The molecule has 274 valence electrons. The topological polar surface area (TPSA) is 38.7 Å². The van der Waals surface area contributed by atoms with Gasteiger partial charge in [0.1, 0.15) is 0 Å². The second-order valence-electron chi connectivity index (χ2n) is 15.1. The first-order valence-electron chi connectivity index (χ1n) is 19.9. The molecular formula is C55H33N3S. The van der Waals surface area contributed by atoms with E-state index in [4.69, 9.17) is 15.0 Å². The summed E-state index contributed by atoms with van der Waals surface area (Å²) in [7, 11) is 0. The second-order valence-corrected chi connectivity index (χ2v) is 16.2. The standard InChI is InChI=1S/C55H33N3S/c1-2-14-35-31-37(28-27-34(35)13-1)36-16-11-17-39(32-36)53-56-54(58-55(57-53)49-25-12-24-47-46-23-9-10-26-51(46)59-52(47)49)48-30-29-45(42-20-6-7-21-43(42)48)50-33-38-15-3-4-18-40(38)41-19-5-8-22-44(41)50/h1-33H. The van der Waals surface area contributed by atoms with E-state index >= 15 is 0 Å². The van der Waals surface area contributed by atoms with Crippen molar-refractivity contribution in [2.75, 3.05) is 0 Å². The highest BCUT2D eigenvalue weighted by Crippen LogP contribution is 2.43. The van der Waals surface area contributed by atoms with Crippen LogP contribution < -0.4 is 0 Å². The first-order chi connectivity index (χ1) is 29.2. The zero-order chi connectivity index (χ0) is 38.9. The Morgan fingerprint density at radius 3 is 1.66 bits per heavy atom. The summed E-state index contributed by atoms with van der Waals surface area (Å²) in [5, 5.41) is 12.1. The maximum atomic E-state index is 5.36. The highest BCUT2D eigenvalue weighted by atomic mass is 32.1. The lowest BCUT2D eigenvalue weighted by atomic mass is 9.89. The first kappa shape index (κ1) is 33.6. The van der Waals surface area contributed by atoms with Gasteiger partial charge in [-0.25, -0.2) is 15.0 Å². The largest absolute Gasteiger partial charge is 0.208 e. The average molecular weight is 768 g/mol. The Labute approximate surface area is 344 Å². The molecule has 0 spiro atoms. The summed E-state index contributed by atoms with van der Waals surface area (Å²) in [6, 6.07) is 71.7. The average Bonchev–Trinajstić information content (AvgIpc) is 3.70. The van der Waals surface area contributed by atoms with E-state index in [2.05, 4.69) is 200 Å². The van der Waals surface area contributed by atoms with Crippen LogP contribution in [0.3, 0.4) is 0 Å². The van der Waals surface area contributed by atoms with Gasteiger partial charge in [-0.05, 0) is 102 Å². The molecule has 4 heteroatoms. The Kier molecular flexibility index (Phi) is 7.72. The number of thiophene rings is 1. The normalized spacial score (nSPS) is 11.7. The van der Waals surface area contributed by atoms with Crippen molar-refractivity contribution in [1.82, 2.24) is 15.0 Å². The number of aromatic nitrogens is 3. The van der Waals surface area contributed by atoms with Gasteiger partial charge in [-0.15, -0.1) is 11.3 Å². The van der Waals surface area contributed by atoms with Crippen LogP contribution in [0.2, 0.25) is 0 Å². The first-order valence-corrected chi connectivity index (χ1v) is 20.7. The third-order valence-corrected chi connectivity index (χ3v) is 12.9. The zero-order valence-corrected chi connectivity index (χ0v) is 32.6. The fourth-order valence-electron chi connectivity index (χ4n) is 8.88. The molecule has 0 radical (unpaired) electrons. The van der Waals surface area contributed by atoms with Crippen molar-refractivity contribution in [3.05, 3.63) is 200 Å². The van der Waals surface area contributed by atoms with E-state index in [9.17, 15) is 0 Å². The quantitative estimate of drug-likeness (QED) is 0.164. The predicted octanol–water partition coefficient (Wildman–Crippen LogP) is 15.2. The van der Waals surface area contributed by atoms with E-state index in [-0.39, 0.29) is 0 Å². The molecule has 59 heavy (non-hydrogen) atoms. The van der Waals surface area contributed by atoms with Crippen molar-refractivity contribution in [3.63, 3.8) is 0 Å². The summed E-state index contributed by atoms with van der Waals surface area (Å²) in [6.45, 7) is 0. The van der Waals surface area contributed by atoms with Gasteiger partial charge in [0.15, 0.2) is 17.5 Å². The number of rotatable bonds is 5. The summed E-state index contributed by atoms with van der Waals surface area (Å²) in [5.74, 6) is 1.94. The number of hydrogen-bond donors (Lipinski definition) is 0. The van der Waals surface area contributed by atoms with Crippen LogP contribution in [0, 0.1) is 0 Å². The lowest BCUT2D eigenvalue weighted by Crippen LogP contribution is -2.01. The van der Waals surface area contributed by atoms with Crippen molar-refractivity contribution in [2.24, 2.45) is 0 Å². The van der Waals surface area contributed by atoms with Crippen LogP contribution in [-0.4, -0.2) is 15.0 Å². The molecule has 0 atom stereocenters. The molecule has 10 aromatic carbocycles. The van der Waals surface area contributed by atoms with Crippen LogP contribution in [0.5, 0.6) is 0 Å². The Bertz CT molecular complexity index is 3640. The third kappa shape index (κ3) is 5.60. The van der Waals surface area contributed by atoms with Gasteiger partial charge in [-0.1, -0.05) is 164 Å². The van der Waals surface area contributed by atoms with Crippen LogP contribution in [0.25, 0.3) is 120 Å². The van der Waals surface area contributed by atoms with Crippen LogP contribution >= 0.6 is 11.3 Å². The molecule has 0 aliphatic rings. The van der Waals surface area contributed by atoms with E-state index in [1.54, 1.807) is 11.3 Å². The number of fused-ring (bicyclic) bond motifs is 8. The molecule has 0 bridgehead atoms. The minimum Gasteiger partial charge on any atom is -0.208 e. The van der Waals surface area contributed by atoms with Gasteiger partial charge in [0.25, 0.3) is 0 Å². The van der Waals surface area contributed by atoms with Gasteiger partial charge in [0, 0.05) is 36.9 Å². The maximum Gasteiger partial charge on any atom is 0.165 e. The summed E-state index contributed by atoms with van der Waals surface area (Å²) < 4.78 is 2.42. The van der Waals surface area contributed by atoms with Crippen molar-refractivity contribution in [2.45, 2.75) is 0 Å². The van der Waals surface area contributed by atoms with Gasteiger partial charge in [0.2, 0.25) is 0 Å². The molecule has 12 aromatic rings. The molecule has 0 N–H and O–H groups in total. The number of nitrogens with zero attached hydrogens (tertiary/aromatic N) is 3. The molecule has 0 amide bonds. The summed E-state index contributed by atoms with van der Waals surface area (Å²) in [4.78, 5) is 16.0. The van der Waals surface area contributed by atoms with Crippen LogP contribution in [-0.2, 0) is 0 Å². The second kappa shape index (κ2) is 13.6. The molecule has 0 saturated carbocycles. The molecule has 0 fully saturated rings. The van der Waals surface area contributed by atoms with Gasteiger partial charge in [-0.2, -0.15) is 0 Å². The van der Waals surface area contributed by atoms with Gasteiger partial charge >= 0.3 is 0 Å². The third-order valence-electron chi connectivity index (χ3n) is 11.7. The molecular weight excluding hydrogens is 735 g/mol. The summed E-state index contributed by atoms with van der Waals surface area (Å²) in [6.07, 6.45) is 0. The van der Waals surface area contributed by atoms with Crippen LogP contribution in [0.1, 0.15) is 0 Å². The van der Waals surface area contributed by atoms with Gasteiger partial charge in [0.05, 0.1) is 0 Å². The minimum absolute atomic E-state index is 0.638. The summed E-state index contributed by atoms with van der Waals surface area (Å²) in [5.41, 5.74) is 7.56. The molecule has 3 nitrogen and oxygen atoms in total. The predicted molar refractivity (Wildman–Crippen MR) is 250 cm³/mol. The smallest absolute Gasteiger partial charge is 0.165 e. The molecule has 0 unspecified atom stereocenters. The van der Waals surface area contributed by atoms with E-state index in [0.29, 0.717) is 17.5 Å². The van der Waals surface area contributed by atoms with Crippen LogP contribution in [0.4, 0.5) is 0 Å². The van der Waals surface area contributed by atoms with E-state index < -0.39 is 0 Å². The van der Waals surface area contributed by atoms with Crippen molar-refractivity contribution in [1.29, 1.82) is 0 Å². The zero-order valence-electron chi connectivity index (χ0n) is 31.8. The Morgan fingerprint density at radius 1 is 0.271 bits per heavy atom. The fraction of sp³-hybridized carbons (Fsp3) is 0. The lowest BCUT2D eigenvalue weighted by Gasteiger charge is -2.16. The highest BCUT2D eigenvalue weighted by molar-refractivity contribution is 7.26. The molecule has 2 aromatic heterocycles. The minimum atomic E-state index is 0.638. The molecule has 12 rings (SSSR count). The van der Waals surface area contributed by atoms with Crippen LogP contribution in [0.15, 0.2) is 200 Å². The van der Waals surface area contributed by atoms with Gasteiger partial charge in [-0.3, -0.25) is 0 Å². The van der Waals surface area contributed by atoms with E-state index in [0.717, 1.165) is 38.6 Å². The fourth-order valence-corrected chi connectivity index (χ4v) is 10.1. The number of benzene rings is 10. The summed E-state index contributed by atoms with van der Waals surface area (Å²) >= 11 is 1.79. The maximum absolute atomic E-state index is 5.36. The molecule has 0 saturated heterocycles.